The zero-order valence-corrected chi connectivity index (χ0v) is 10.6. The quantitative estimate of drug-likeness (QED) is 0.768. The van der Waals surface area contributed by atoms with Crippen LogP contribution in [-0.4, -0.2) is 34.6 Å². The summed E-state index contributed by atoms with van der Waals surface area (Å²) >= 11 is 0. The number of hydrogen-bond donors (Lipinski definition) is 1. The average Bonchev–Trinajstić information content (AvgIpc) is 2.72. The number of carbonyl (C=O) groups is 1. The van der Waals surface area contributed by atoms with Crippen LogP contribution < -0.4 is 5.73 Å². The summed E-state index contributed by atoms with van der Waals surface area (Å²) in [5, 5.41) is 7.91. The lowest BCUT2D eigenvalue weighted by molar-refractivity contribution is 0.0994. The SMILES string of the molecule is CCC(CC)n1nnc(C(N)=O)c1CCOC. The number of rotatable bonds is 7. The van der Waals surface area contributed by atoms with Crippen LogP contribution in [0.4, 0.5) is 0 Å². The largest absolute Gasteiger partial charge is 0.384 e. The van der Waals surface area contributed by atoms with Gasteiger partial charge in [-0.2, -0.15) is 0 Å². The van der Waals surface area contributed by atoms with E-state index in [-0.39, 0.29) is 11.7 Å². The van der Waals surface area contributed by atoms with Crippen molar-refractivity contribution in [2.45, 2.75) is 39.2 Å². The number of aromatic nitrogens is 3. The molecule has 1 aromatic heterocycles. The third kappa shape index (κ3) is 3.03. The molecule has 0 aromatic carbocycles. The number of nitrogens with two attached hydrogens (primary N) is 1. The van der Waals surface area contributed by atoms with Gasteiger partial charge in [-0.3, -0.25) is 4.79 Å². The predicted octanol–water partition coefficient (Wildman–Crippen LogP) is 0.927. The Hall–Kier alpha value is -1.43. The standard InChI is InChI=1S/C11H20N4O2/c1-4-8(5-2)15-9(6-7-17-3)10(11(12)16)13-14-15/h8H,4-7H2,1-3H3,(H2,12,16). The molecular weight excluding hydrogens is 220 g/mol. The number of methoxy groups -OCH3 is 1. The molecular formula is C11H20N4O2. The highest BCUT2D eigenvalue weighted by molar-refractivity contribution is 5.91. The van der Waals surface area contributed by atoms with Crippen LogP contribution in [0.25, 0.3) is 0 Å². The third-order valence-corrected chi connectivity index (χ3v) is 2.86. The Kier molecular flexibility index (Phi) is 5.09. The van der Waals surface area contributed by atoms with Gasteiger partial charge in [-0.25, -0.2) is 4.68 Å². The molecule has 0 radical (unpaired) electrons. The van der Waals surface area contributed by atoms with Crippen molar-refractivity contribution in [3.05, 3.63) is 11.4 Å². The van der Waals surface area contributed by atoms with Gasteiger partial charge in [0.15, 0.2) is 5.69 Å². The molecule has 0 saturated heterocycles. The minimum Gasteiger partial charge on any atom is -0.384 e. The highest BCUT2D eigenvalue weighted by atomic mass is 16.5. The van der Waals surface area contributed by atoms with Gasteiger partial charge in [-0.15, -0.1) is 5.10 Å². The molecule has 0 saturated carbocycles. The van der Waals surface area contributed by atoms with E-state index >= 15 is 0 Å². The van der Waals surface area contributed by atoms with Crippen molar-refractivity contribution < 1.29 is 9.53 Å². The second-order valence-electron chi connectivity index (χ2n) is 3.91. The Morgan fingerprint density at radius 2 is 2.12 bits per heavy atom. The molecule has 0 atom stereocenters. The fraction of sp³-hybridized carbons (Fsp3) is 0.727. The highest BCUT2D eigenvalue weighted by Gasteiger charge is 2.20. The van der Waals surface area contributed by atoms with Gasteiger partial charge in [0.05, 0.1) is 18.3 Å². The van der Waals surface area contributed by atoms with Gasteiger partial charge in [0.2, 0.25) is 0 Å². The minimum atomic E-state index is -0.534. The minimum absolute atomic E-state index is 0.252. The second kappa shape index (κ2) is 6.34. The molecule has 1 rings (SSSR count). The molecule has 17 heavy (non-hydrogen) atoms. The van der Waals surface area contributed by atoms with Gasteiger partial charge < -0.3 is 10.5 Å². The molecule has 0 spiro atoms. The van der Waals surface area contributed by atoms with Crippen LogP contribution >= 0.6 is 0 Å². The van der Waals surface area contributed by atoms with E-state index in [0.717, 1.165) is 18.5 Å². The van der Waals surface area contributed by atoms with Crippen LogP contribution in [-0.2, 0) is 11.2 Å². The molecule has 0 aliphatic rings. The van der Waals surface area contributed by atoms with Gasteiger partial charge in [0.25, 0.3) is 5.91 Å². The first-order chi connectivity index (χ1) is 8.15. The van der Waals surface area contributed by atoms with E-state index < -0.39 is 5.91 Å². The first-order valence-electron chi connectivity index (χ1n) is 5.88. The lowest BCUT2D eigenvalue weighted by Crippen LogP contribution is -2.18. The molecule has 0 unspecified atom stereocenters. The number of carbonyl (C=O) groups excluding carboxylic acids is 1. The molecule has 0 aliphatic carbocycles. The number of hydrogen-bond acceptors (Lipinski definition) is 4. The van der Waals surface area contributed by atoms with Crippen molar-refractivity contribution in [2.75, 3.05) is 13.7 Å². The van der Waals surface area contributed by atoms with Crippen molar-refractivity contribution in [1.82, 2.24) is 15.0 Å². The number of nitrogens with zero attached hydrogens (tertiary/aromatic N) is 3. The van der Waals surface area contributed by atoms with Gasteiger partial charge >= 0.3 is 0 Å². The zero-order valence-electron chi connectivity index (χ0n) is 10.6. The van der Waals surface area contributed by atoms with E-state index in [1.54, 1.807) is 11.8 Å². The summed E-state index contributed by atoms with van der Waals surface area (Å²) < 4.78 is 6.84. The summed E-state index contributed by atoms with van der Waals surface area (Å²) in [5.41, 5.74) is 6.32. The molecule has 6 heteroatoms. The van der Waals surface area contributed by atoms with Gasteiger partial charge in [0.1, 0.15) is 0 Å². The summed E-state index contributed by atoms with van der Waals surface area (Å²) in [6, 6.07) is 0.252. The van der Waals surface area contributed by atoms with Crippen LogP contribution in [0.1, 0.15) is 48.9 Å². The zero-order chi connectivity index (χ0) is 12.8. The summed E-state index contributed by atoms with van der Waals surface area (Å²) in [4.78, 5) is 11.3. The van der Waals surface area contributed by atoms with E-state index in [2.05, 4.69) is 24.2 Å². The van der Waals surface area contributed by atoms with Gasteiger partial charge in [-0.1, -0.05) is 19.1 Å². The molecule has 0 aliphatic heterocycles. The van der Waals surface area contributed by atoms with Gasteiger partial charge in [-0.05, 0) is 12.8 Å². The Morgan fingerprint density at radius 1 is 1.47 bits per heavy atom. The number of amides is 1. The predicted molar refractivity (Wildman–Crippen MR) is 63.7 cm³/mol. The number of primary amides is 1. The fourth-order valence-electron chi connectivity index (χ4n) is 1.86. The van der Waals surface area contributed by atoms with Crippen LogP contribution in [0.2, 0.25) is 0 Å². The molecule has 6 nitrogen and oxygen atoms in total. The van der Waals surface area contributed by atoms with Crippen molar-refractivity contribution in [2.24, 2.45) is 5.73 Å². The number of ether oxygens (including phenoxy) is 1. The molecule has 1 amide bonds. The van der Waals surface area contributed by atoms with Crippen molar-refractivity contribution >= 4 is 5.91 Å². The van der Waals surface area contributed by atoms with E-state index in [9.17, 15) is 4.79 Å². The highest BCUT2D eigenvalue weighted by Crippen LogP contribution is 2.18. The fourth-order valence-corrected chi connectivity index (χ4v) is 1.86. The maximum atomic E-state index is 11.3. The summed E-state index contributed by atoms with van der Waals surface area (Å²) in [7, 11) is 1.62. The molecule has 1 aromatic rings. The Labute approximate surface area is 101 Å². The Bertz CT molecular complexity index is 372. The maximum absolute atomic E-state index is 11.3. The molecule has 0 fully saturated rings. The summed E-state index contributed by atoms with van der Waals surface area (Å²) in [6.45, 7) is 4.69. The van der Waals surface area contributed by atoms with Crippen LogP contribution in [0, 0.1) is 0 Å². The van der Waals surface area contributed by atoms with Crippen molar-refractivity contribution in [3.63, 3.8) is 0 Å². The summed E-state index contributed by atoms with van der Waals surface area (Å²) in [5.74, 6) is -0.534. The smallest absolute Gasteiger partial charge is 0.271 e. The lowest BCUT2D eigenvalue weighted by atomic mass is 10.1. The Balaban J connectivity index is 3.07. The van der Waals surface area contributed by atoms with Crippen molar-refractivity contribution in [3.8, 4) is 0 Å². The topological polar surface area (TPSA) is 83.0 Å². The van der Waals surface area contributed by atoms with Crippen molar-refractivity contribution in [1.29, 1.82) is 0 Å². The van der Waals surface area contributed by atoms with E-state index in [4.69, 9.17) is 10.5 Å². The second-order valence-corrected chi connectivity index (χ2v) is 3.91. The van der Waals surface area contributed by atoms with Crippen LogP contribution in [0.5, 0.6) is 0 Å². The lowest BCUT2D eigenvalue weighted by Gasteiger charge is -2.15. The summed E-state index contributed by atoms with van der Waals surface area (Å²) in [6.07, 6.45) is 2.48. The van der Waals surface area contributed by atoms with E-state index in [0.29, 0.717) is 13.0 Å². The van der Waals surface area contributed by atoms with E-state index in [1.807, 2.05) is 0 Å². The van der Waals surface area contributed by atoms with Gasteiger partial charge in [0, 0.05) is 13.5 Å². The maximum Gasteiger partial charge on any atom is 0.271 e. The normalized spacial score (nSPS) is 11.1. The van der Waals surface area contributed by atoms with Crippen LogP contribution in [0.15, 0.2) is 0 Å². The van der Waals surface area contributed by atoms with Crippen LogP contribution in [0.3, 0.4) is 0 Å². The molecule has 2 N–H and O–H groups in total. The first kappa shape index (κ1) is 13.6. The third-order valence-electron chi connectivity index (χ3n) is 2.86. The molecule has 0 bridgehead atoms. The molecule has 1 heterocycles. The first-order valence-corrected chi connectivity index (χ1v) is 5.88. The average molecular weight is 240 g/mol. The van der Waals surface area contributed by atoms with E-state index in [1.165, 1.54) is 0 Å². The monoisotopic (exact) mass is 240 g/mol. The molecule has 96 valence electrons. The Morgan fingerprint density at radius 3 is 2.59 bits per heavy atom.